The van der Waals surface area contributed by atoms with Crippen molar-refractivity contribution in [1.82, 2.24) is 5.32 Å². The van der Waals surface area contributed by atoms with E-state index in [0.29, 0.717) is 13.2 Å². The normalized spacial score (nSPS) is 31.6. The van der Waals surface area contributed by atoms with Crippen LogP contribution in [0.1, 0.15) is 25.7 Å². The number of aliphatic carboxylic acids is 1. The van der Waals surface area contributed by atoms with Crippen LogP contribution >= 0.6 is 0 Å². The first-order valence-corrected chi connectivity index (χ1v) is 5.30. The third-order valence-electron chi connectivity index (χ3n) is 3.50. The number of hydrogen-bond acceptors (Lipinski definition) is 3. The molecule has 2 fully saturated rings. The van der Waals surface area contributed by atoms with Gasteiger partial charge in [0, 0.05) is 18.8 Å². The van der Waals surface area contributed by atoms with Gasteiger partial charge in [-0.05, 0) is 32.2 Å². The Balaban J connectivity index is 2.14. The van der Waals surface area contributed by atoms with Crippen molar-refractivity contribution in [3.8, 4) is 0 Å². The SMILES string of the molecule is O=C(O)C1CCCNC12CCOCC2. The van der Waals surface area contributed by atoms with Crippen LogP contribution in [0.3, 0.4) is 0 Å². The number of hydrogen-bond donors (Lipinski definition) is 2. The molecule has 0 aromatic rings. The second-order valence-electron chi connectivity index (χ2n) is 4.23. The molecule has 2 heterocycles. The van der Waals surface area contributed by atoms with Crippen LogP contribution in [0, 0.1) is 5.92 Å². The van der Waals surface area contributed by atoms with Gasteiger partial charge >= 0.3 is 5.97 Å². The molecule has 1 spiro atoms. The summed E-state index contributed by atoms with van der Waals surface area (Å²) in [6, 6.07) is 0. The zero-order valence-electron chi connectivity index (χ0n) is 8.29. The fourth-order valence-corrected chi connectivity index (χ4v) is 2.66. The molecule has 2 rings (SSSR count). The van der Waals surface area contributed by atoms with Crippen LogP contribution in [-0.2, 0) is 9.53 Å². The van der Waals surface area contributed by atoms with E-state index in [1.165, 1.54) is 0 Å². The highest BCUT2D eigenvalue weighted by molar-refractivity contribution is 5.72. The molecule has 2 N–H and O–H groups in total. The Morgan fingerprint density at radius 2 is 2.14 bits per heavy atom. The molecular weight excluding hydrogens is 182 g/mol. The lowest BCUT2D eigenvalue weighted by Gasteiger charge is -2.45. The summed E-state index contributed by atoms with van der Waals surface area (Å²) in [5, 5.41) is 12.6. The average molecular weight is 199 g/mol. The van der Waals surface area contributed by atoms with Gasteiger partial charge < -0.3 is 15.2 Å². The highest BCUT2D eigenvalue weighted by atomic mass is 16.5. The summed E-state index contributed by atoms with van der Waals surface area (Å²) in [4.78, 5) is 11.1. The number of piperidine rings is 1. The Hall–Kier alpha value is -0.610. The fourth-order valence-electron chi connectivity index (χ4n) is 2.66. The number of carboxylic acids is 1. The minimum atomic E-state index is -0.654. The van der Waals surface area contributed by atoms with Crippen LogP contribution in [0.15, 0.2) is 0 Å². The summed E-state index contributed by atoms with van der Waals surface area (Å²) in [5.74, 6) is -0.876. The molecule has 80 valence electrons. The van der Waals surface area contributed by atoms with Crippen molar-refractivity contribution in [2.24, 2.45) is 5.92 Å². The van der Waals surface area contributed by atoms with E-state index in [1.54, 1.807) is 0 Å². The zero-order valence-corrected chi connectivity index (χ0v) is 8.29. The van der Waals surface area contributed by atoms with E-state index in [1.807, 2.05) is 0 Å². The summed E-state index contributed by atoms with van der Waals surface area (Å²) in [5.41, 5.74) is -0.178. The van der Waals surface area contributed by atoms with Gasteiger partial charge in [-0.25, -0.2) is 0 Å². The van der Waals surface area contributed by atoms with Crippen molar-refractivity contribution < 1.29 is 14.6 Å². The monoisotopic (exact) mass is 199 g/mol. The maximum Gasteiger partial charge on any atom is 0.308 e. The largest absolute Gasteiger partial charge is 0.481 e. The Bertz CT molecular complexity index is 215. The highest BCUT2D eigenvalue weighted by Gasteiger charge is 2.45. The van der Waals surface area contributed by atoms with E-state index in [4.69, 9.17) is 4.74 Å². The fraction of sp³-hybridized carbons (Fsp3) is 0.900. The Kier molecular flexibility index (Phi) is 2.74. The van der Waals surface area contributed by atoms with Gasteiger partial charge in [0.15, 0.2) is 0 Å². The van der Waals surface area contributed by atoms with Crippen molar-refractivity contribution in [2.45, 2.75) is 31.2 Å². The molecule has 4 heteroatoms. The Labute approximate surface area is 83.6 Å². The van der Waals surface area contributed by atoms with Crippen molar-refractivity contribution in [2.75, 3.05) is 19.8 Å². The lowest BCUT2D eigenvalue weighted by atomic mass is 9.73. The van der Waals surface area contributed by atoms with Crippen molar-refractivity contribution in [3.63, 3.8) is 0 Å². The Morgan fingerprint density at radius 1 is 1.43 bits per heavy atom. The molecule has 0 aliphatic carbocycles. The first-order chi connectivity index (χ1) is 6.75. The summed E-state index contributed by atoms with van der Waals surface area (Å²) in [7, 11) is 0. The third-order valence-corrected chi connectivity index (χ3v) is 3.50. The van der Waals surface area contributed by atoms with Crippen molar-refractivity contribution in [3.05, 3.63) is 0 Å². The molecule has 0 amide bonds. The highest BCUT2D eigenvalue weighted by Crippen LogP contribution is 2.34. The van der Waals surface area contributed by atoms with E-state index >= 15 is 0 Å². The molecule has 2 aliphatic heterocycles. The zero-order chi connectivity index (χ0) is 10.0. The lowest BCUT2D eigenvalue weighted by Crippen LogP contribution is -2.59. The standard InChI is InChI=1S/C10H17NO3/c12-9(13)8-2-1-5-11-10(8)3-6-14-7-4-10/h8,11H,1-7H2,(H,12,13). The van der Waals surface area contributed by atoms with Gasteiger partial charge in [0.1, 0.15) is 0 Å². The number of rotatable bonds is 1. The smallest absolute Gasteiger partial charge is 0.308 e. The van der Waals surface area contributed by atoms with Crippen molar-refractivity contribution >= 4 is 5.97 Å². The third kappa shape index (κ3) is 1.64. The van der Waals surface area contributed by atoms with Gasteiger partial charge in [-0.1, -0.05) is 0 Å². The molecule has 0 aromatic carbocycles. The molecular formula is C10H17NO3. The molecule has 2 aliphatic rings. The number of carbonyl (C=O) groups is 1. The molecule has 2 saturated heterocycles. The maximum absolute atomic E-state index is 11.1. The molecule has 0 saturated carbocycles. The van der Waals surface area contributed by atoms with Crippen LogP contribution in [0.25, 0.3) is 0 Å². The summed E-state index contributed by atoms with van der Waals surface area (Å²) in [6.45, 7) is 2.33. The van der Waals surface area contributed by atoms with Gasteiger partial charge in [0.05, 0.1) is 5.92 Å². The van der Waals surface area contributed by atoms with E-state index in [-0.39, 0.29) is 11.5 Å². The van der Waals surface area contributed by atoms with Crippen LogP contribution in [0.2, 0.25) is 0 Å². The van der Waals surface area contributed by atoms with Gasteiger partial charge in [-0.2, -0.15) is 0 Å². The number of carboxylic acid groups (broad SMARTS) is 1. The molecule has 1 unspecified atom stereocenters. The first kappa shape index (κ1) is 9.93. The second kappa shape index (κ2) is 3.87. The summed E-state index contributed by atoms with van der Waals surface area (Å²) < 4.78 is 5.29. The topological polar surface area (TPSA) is 58.6 Å². The van der Waals surface area contributed by atoms with Crippen LogP contribution < -0.4 is 5.32 Å². The minimum absolute atomic E-state index is 0.178. The predicted molar refractivity (Wildman–Crippen MR) is 51.1 cm³/mol. The molecule has 0 aromatic heterocycles. The lowest BCUT2D eigenvalue weighted by molar-refractivity contribution is -0.148. The van der Waals surface area contributed by atoms with Gasteiger partial charge in [-0.3, -0.25) is 4.79 Å². The maximum atomic E-state index is 11.1. The first-order valence-electron chi connectivity index (χ1n) is 5.30. The summed E-state index contributed by atoms with van der Waals surface area (Å²) in [6.07, 6.45) is 3.45. The quantitative estimate of drug-likeness (QED) is 0.650. The van der Waals surface area contributed by atoms with Crippen molar-refractivity contribution in [1.29, 1.82) is 0 Å². The average Bonchev–Trinajstić information content (AvgIpc) is 2.19. The van der Waals surface area contributed by atoms with E-state index in [0.717, 1.165) is 32.2 Å². The number of nitrogens with one attached hydrogen (secondary N) is 1. The molecule has 0 radical (unpaired) electrons. The minimum Gasteiger partial charge on any atom is -0.481 e. The van der Waals surface area contributed by atoms with Gasteiger partial charge in [0.25, 0.3) is 0 Å². The predicted octanol–water partition coefficient (Wildman–Crippen LogP) is 0.620. The van der Waals surface area contributed by atoms with Crippen LogP contribution in [-0.4, -0.2) is 36.4 Å². The molecule has 14 heavy (non-hydrogen) atoms. The second-order valence-corrected chi connectivity index (χ2v) is 4.23. The molecule has 4 nitrogen and oxygen atoms in total. The van der Waals surface area contributed by atoms with Gasteiger partial charge in [0.2, 0.25) is 0 Å². The number of ether oxygens (including phenoxy) is 1. The van der Waals surface area contributed by atoms with E-state index in [2.05, 4.69) is 5.32 Å². The van der Waals surface area contributed by atoms with E-state index < -0.39 is 5.97 Å². The molecule has 1 atom stereocenters. The van der Waals surface area contributed by atoms with E-state index in [9.17, 15) is 9.90 Å². The molecule has 0 bridgehead atoms. The van der Waals surface area contributed by atoms with Gasteiger partial charge in [-0.15, -0.1) is 0 Å². The summed E-state index contributed by atoms with van der Waals surface area (Å²) >= 11 is 0. The Morgan fingerprint density at radius 3 is 2.79 bits per heavy atom. The van der Waals surface area contributed by atoms with Crippen LogP contribution in [0.5, 0.6) is 0 Å². The van der Waals surface area contributed by atoms with Crippen LogP contribution in [0.4, 0.5) is 0 Å².